The van der Waals surface area contributed by atoms with Gasteiger partial charge in [-0.05, 0) is 42.3 Å². The number of benzene rings is 2. The van der Waals surface area contributed by atoms with Crippen molar-refractivity contribution in [1.29, 1.82) is 0 Å². The number of hydrogen-bond acceptors (Lipinski definition) is 6. The molecule has 154 valence electrons. The number of rotatable bonds is 5. The summed E-state index contributed by atoms with van der Waals surface area (Å²) in [4.78, 5) is 17.1. The van der Waals surface area contributed by atoms with Gasteiger partial charge >= 0.3 is 0 Å². The topological polar surface area (TPSA) is 66.1 Å². The van der Waals surface area contributed by atoms with Crippen LogP contribution in [0.15, 0.2) is 48.5 Å². The van der Waals surface area contributed by atoms with Crippen molar-refractivity contribution in [2.24, 2.45) is 0 Å². The van der Waals surface area contributed by atoms with Gasteiger partial charge in [-0.3, -0.25) is 9.69 Å². The van der Waals surface area contributed by atoms with Crippen molar-refractivity contribution in [3.8, 4) is 11.5 Å². The van der Waals surface area contributed by atoms with Crippen LogP contribution >= 0.6 is 0 Å². The Morgan fingerprint density at radius 1 is 0.931 bits per heavy atom. The standard InChI is InChI=1S/C22H28N4O3/c1-28-18-8-6-16(7-9-18)20-15-21(24-23-20)25-10-12-26(13-11-25)22(27)17-4-3-5-19(14-17)29-2/h3-9,14,20-21,23-24H,10-13,15H2,1-2H3. The first-order valence-electron chi connectivity index (χ1n) is 10.0. The van der Waals surface area contributed by atoms with E-state index in [-0.39, 0.29) is 18.1 Å². The molecule has 0 aliphatic carbocycles. The third-order valence-electron chi connectivity index (χ3n) is 5.76. The van der Waals surface area contributed by atoms with Crippen LogP contribution in [0.3, 0.4) is 0 Å². The van der Waals surface area contributed by atoms with Crippen LogP contribution in [0, 0.1) is 0 Å². The van der Waals surface area contributed by atoms with E-state index in [1.54, 1.807) is 20.3 Å². The van der Waals surface area contributed by atoms with Crippen LogP contribution in [0.25, 0.3) is 0 Å². The Balaban J connectivity index is 1.31. The van der Waals surface area contributed by atoms with Gasteiger partial charge in [0, 0.05) is 37.8 Å². The van der Waals surface area contributed by atoms with E-state index in [1.807, 2.05) is 35.2 Å². The minimum atomic E-state index is 0.0668. The van der Waals surface area contributed by atoms with Crippen molar-refractivity contribution in [1.82, 2.24) is 20.7 Å². The van der Waals surface area contributed by atoms with Gasteiger partial charge in [-0.25, -0.2) is 10.9 Å². The summed E-state index contributed by atoms with van der Waals surface area (Å²) in [6.45, 7) is 3.15. The Bertz CT molecular complexity index is 834. The highest BCUT2D eigenvalue weighted by atomic mass is 16.5. The SMILES string of the molecule is COc1ccc(C2CC(N3CCN(C(=O)c4cccc(OC)c4)CC3)NN2)cc1. The Morgan fingerprint density at radius 2 is 1.66 bits per heavy atom. The van der Waals surface area contributed by atoms with Crippen LogP contribution in [0.2, 0.25) is 0 Å². The van der Waals surface area contributed by atoms with Gasteiger partial charge in [-0.1, -0.05) is 18.2 Å². The first-order chi connectivity index (χ1) is 14.2. The summed E-state index contributed by atoms with van der Waals surface area (Å²) < 4.78 is 10.5. The Morgan fingerprint density at radius 3 is 2.34 bits per heavy atom. The van der Waals surface area contributed by atoms with Crippen LogP contribution in [-0.4, -0.2) is 62.3 Å². The molecule has 2 aliphatic rings. The third kappa shape index (κ3) is 4.37. The molecule has 0 bridgehead atoms. The summed E-state index contributed by atoms with van der Waals surface area (Å²) in [7, 11) is 3.29. The zero-order valence-electron chi connectivity index (χ0n) is 16.9. The second kappa shape index (κ2) is 8.82. The second-order valence-corrected chi connectivity index (χ2v) is 7.43. The van der Waals surface area contributed by atoms with Gasteiger partial charge in [0.1, 0.15) is 11.5 Å². The van der Waals surface area contributed by atoms with Crippen molar-refractivity contribution in [3.05, 3.63) is 59.7 Å². The van der Waals surface area contributed by atoms with E-state index in [0.717, 1.165) is 38.3 Å². The molecule has 2 heterocycles. The van der Waals surface area contributed by atoms with E-state index in [9.17, 15) is 4.79 Å². The lowest BCUT2D eigenvalue weighted by atomic mass is 10.0. The molecule has 2 saturated heterocycles. The fraction of sp³-hybridized carbons (Fsp3) is 0.409. The molecule has 4 rings (SSSR count). The number of nitrogens with one attached hydrogen (secondary N) is 2. The Kier molecular flexibility index (Phi) is 5.99. The lowest BCUT2D eigenvalue weighted by molar-refractivity contribution is 0.0544. The van der Waals surface area contributed by atoms with Gasteiger partial charge in [-0.15, -0.1) is 0 Å². The molecule has 2 fully saturated rings. The molecule has 29 heavy (non-hydrogen) atoms. The number of amides is 1. The fourth-order valence-electron chi connectivity index (χ4n) is 4.01. The second-order valence-electron chi connectivity index (χ2n) is 7.43. The summed E-state index contributed by atoms with van der Waals surface area (Å²) in [5.74, 6) is 1.64. The molecule has 0 aromatic heterocycles. The number of piperazine rings is 1. The molecule has 0 spiro atoms. The van der Waals surface area contributed by atoms with Crippen LogP contribution in [0.4, 0.5) is 0 Å². The third-order valence-corrected chi connectivity index (χ3v) is 5.76. The van der Waals surface area contributed by atoms with Gasteiger partial charge in [-0.2, -0.15) is 0 Å². The van der Waals surface area contributed by atoms with Crippen molar-refractivity contribution >= 4 is 5.91 Å². The number of hydrogen-bond donors (Lipinski definition) is 2. The predicted octanol–water partition coefficient (Wildman–Crippen LogP) is 2.03. The van der Waals surface area contributed by atoms with Crippen LogP contribution in [0.5, 0.6) is 11.5 Å². The van der Waals surface area contributed by atoms with Gasteiger partial charge in [0.2, 0.25) is 0 Å². The maximum absolute atomic E-state index is 12.8. The summed E-state index contributed by atoms with van der Waals surface area (Å²) in [5, 5.41) is 0. The Labute approximate surface area is 171 Å². The van der Waals surface area contributed by atoms with Crippen LogP contribution < -0.4 is 20.3 Å². The molecule has 2 aromatic carbocycles. The molecule has 2 N–H and O–H groups in total. The first kappa shape index (κ1) is 19.7. The highest BCUT2D eigenvalue weighted by molar-refractivity contribution is 5.94. The molecule has 7 nitrogen and oxygen atoms in total. The normalized spacial score (nSPS) is 22.5. The summed E-state index contributed by atoms with van der Waals surface area (Å²) >= 11 is 0. The highest BCUT2D eigenvalue weighted by Crippen LogP contribution is 2.26. The van der Waals surface area contributed by atoms with E-state index < -0.39 is 0 Å². The molecule has 2 unspecified atom stereocenters. The molecular weight excluding hydrogens is 368 g/mol. The number of ether oxygens (including phenoxy) is 2. The lowest BCUT2D eigenvalue weighted by Gasteiger charge is -2.37. The quantitative estimate of drug-likeness (QED) is 0.806. The van der Waals surface area contributed by atoms with Crippen LogP contribution in [0.1, 0.15) is 28.4 Å². The number of carbonyl (C=O) groups is 1. The Hall–Kier alpha value is -2.61. The highest BCUT2D eigenvalue weighted by Gasteiger charge is 2.32. The first-order valence-corrected chi connectivity index (χ1v) is 10.0. The number of methoxy groups -OCH3 is 2. The summed E-state index contributed by atoms with van der Waals surface area (Å²) in [5.41, 5.74) is 8.74. The van der Waals surface area contributed by atoms with E-state index in [4.69, 9.17) is 9.47 Å². The largest absolute Gasteiger partial charge is 0.497 e. The van der Waals surface area contributed by atoms with Crippen molar-refractivity contribution in [2.75, 3.05) is 40.4 Å². The molecule has 0 saturated carbocycles. The number of hydrazine groups is 1. The van der Waals surface area contributed by atoms with E-state index in [1.165, 1.54) is 5.56 Å². The minimum Gasteiger partial charge on any atom is -0.497 e. The molecule has 2 atom stereocenters. The van der Waals surface area contributed by atoms with Crippen molar-refractivity contribution in [3.63, 3.8) is 0 Å². The van der Waals surface area contributed by atoms with E-state index >= 15 is 0 Å². The fourth-order valence-corrected chi connectivity index (χ4v) is 4.01. The molecule has 7 heteroatoms. The molecule has 2 aliphatic heterocycles. The average Bonchev–Trinajstić information content (AvgIpc) is 3.29. The zero-order valence-corrected chi connectivity index (χ0v) is 16.9. The summed E-state index contributed by atoms with van der Waals surface area (Å²) in [6.07, 6.45) is 1.24. The number of nitrogens with zero attached hydrogens (tertiary/aromatic N) is 2. The minimum absolute atomic E-state index is 0.0668. The maximum Gasteiger partial charge on any atom is 0.254 e. The van der Waals surface area contributed by atoms with Gasteiger partial charge in [0.15, 0.2) is 0 Å². The predicted molar refractivity (Wildman–Crippen MR) is 111 cm³/mol. The van der Waals surface area contributed by atoms with E-state index in [0.29, 0.717) is 11.3 Å². The monoisotopic (exact) mass is 396 g/mol. The average molecular weight is 396 g/mol. The molecular formula is C22H28N4O3. The van der Waals surface area contributed by atoms with Gasteiger partial charge < -0.3 is 14.4 Å². The van der Waals surface area contributed by atoms with E-state index in [2.05, 4.69) is 27.9 Å². The summed E-state index contributed by atoms with van der Waals surface area (Å²) in [6, 6.07) is 15.8. The van der Waals surface area contributed by atoms with Gasteiger partial charge in [0.05, 0.1) is 20.4 Å². The van der Waals surface area contributed by atoms with Crippen molar-refractivity contribution < 1.29 is 14.3 Å². The molecule has 1 amide bonds. The smallest absolute Gasteiger partial charge is 0.254 e. The van der Waals surface area contributed by atoms with Gasteiger partial charge in [0.25, 0.3) is 5.91 Å². The lowest BCUT2D eigenvalue weighted by Crippen LogP contribution is -2.55. The maximum atomic E-state index is 12.8. The molecule has 2 aromatic rings. The molecule has 0 radical (unpaired) electrons. The number of carbonyl (C=O) groups excluding carboxylic acids is 1. The zero-order chi connectivity index (χ0) is 20.2. The van der Waals surface area contributed by atoms with Crippen LogP contribution in [-0.2, 0) is 0 Å². The van der Waals surface area contributed by atoms with Crippen molar-refractivity contribution in [2.45, 2.75) is 18.6 Å².